The number of aromatic nitrogens is 1. The molecule has 0 aliphatic carbocycles. The number of nitriles is 1. The van der Waals surface area contributed by atoms with Gasteiger partial charge in [0.15, 0.2) is 0 Å². The van der Waals surface area contributed by atoms with E-state index in [0.717, 1.165) is 12.4 Å². The van der Waals surface area contributed by atoms with E-state index in [0.29, 0.717) is 0 Å². The maximum atomic E-state index is 12.9. The van der Waals surface area contributed by atoms with Gasteiger partial charge in [-0.05, 0) is 0 Å². The molecule has 0 spiro atoms. The summed E-state index contributed by atoms with van der Waals surface area (Å²) in [5.41, 5.74) is 5.10. The molecule has 1 aromatic rings. The van der Waals surface area contributed by atoms with Crippen LogP contribution in [-0.4, -0.2) is 4.98 Å². The summed E-state index contributed by atoms with van der Waals surface area (Å²) in [5.74, 6) is -1.63. The second kappa shape index (κ2) is 3.92. The quantitative estimate of drug-likeness (QED) is 0.751. The second-order valence-electron chi connectivity index (χ2n) is 2.49. The number of hydrogen-bond donors (Lipinski definition) is 1. The fourth-order valence-corrected chi connectivity index (χ4v) is 0.976. The minimum absolute atomic E-state index is 0.127. The van der Waals surface area contributed by atoms with Crippen molar-refractivity contribution in [3.63, 3.8) is 0 Å². The topological polar surface area (TPSA) is 62.7 Å². The van der Waals surface area contributed by atoms with Gasteiger partial charge in [-0.25, -0.2) is 8.78 Å². The lowest BCUT2D eigenvalue weighted by molar-refractivity contribution is 0.520. The Labute approximate surface area is 73.8 Å². The monoisotopic (exact) mass is 183 g/mol. The molecule has 1 heterocycles. The second-order valence-corrected chi connectivity index (χ2v) is 2.49. The van der Waals surface area contributed by atoms with Gasteiger partial charge >= 0.3 is 0 Å². The Morgan fingerprint density at radius 3 is 2.46 bits per heavy atom. The largest absolute Gasteiger partial charge is 0.323 e. The van der Waals surface area contributed by atoms with E-state index in [1.54, 1.807) is 6.07 Å². The number of halogens is 2. The van der Waals surface area contributed by atoms with Gasteiger partial charge in [0.25, 0.3) is 0 Å². The average molecular weight is 183 g/mol. The first-order valence-electron chi connectivity index (χ1n) is 3.58. The summed E-state index contributed by atoms with van der Waals surface area (Å²) in [6.45, 7) is 0. The van der Waals surface area contributed by atoms with Crippen LogP contribution in [0.4, 0.5) is 8.78 Å². The molecule has 1 rings (SSSR count). The summed E-state index contributed by atoms with van der Waals surface area (Å²) in [7, 11) is 0. The molecule has 0 fully saturated rings. The average Bonchev–Trinajstić information content (AvgIpc) is 2.04. The molecule has 0 unspecified atom stereocenters. The smallest absolute Gasteiger partial charge is 0.149 e. The molecule has 0 aromatic carbocycles. The Hall–Kier alpha value is -1.54. The highest BCUT2D eigenvalue weighted by molar-refractivity contribution is 5.20. The first kappa shape index (κ1) is 9.55. The molecule has 0 radical (unpaired) electrons. The van der Waals surface area contributed by atoms with E-state index in [2.05, 4.69) is 4.98 Å². The Morgan fingerprint density at radius 1 is 1.46 bits per heavy atom. The van der Waals surface area contributed by atoms with Crippen LogP contribution in [0, 0.1) is 23.0 Å². The number of rotatable bonds is 2. The molecular weight excluding hydrogens is 176 g/mol. The normalized spacial score (nSPS) is 12.2. The molecule has 0 aliphatic heterocycles. The molecule has 0 aliphatic rings. The standard InChI is InChI=1S/C8H7F2N3/c9-5-3-13-4-6(10)8(5)7(12)1-2-11/h3-4,7H,1,12H2/t7-/m0/s1. The van der Waals surface area contributed by atoms with Crippen molar-refractivity contribution >= 4 is 0 Å². The predicted octanol–water partition coefficient (Wildman–Crippen LogP) is 1.27. The van der Waals surface area contributed by atoms with Crippen molar-refractivity contribution in [1.29, 1.82) is 5.26 Å². The molecule has 5 heteroatoms. The lowest BCUT2D eigenvalue weighted by atomic mass is 10.1. The Balaban J connectivity index is 3.06. The van der Waals surface area contributed by atoms with Crippen LogP contribution in [0.15, 0.2) is 12.4 Å². The predicted molar refractivity (Wildman–Crippen MR) is 41.3 cm³/mol. The fourth-order valence-electron chi connectivity index (χ4n) is 0.976. The summed E-state index contributed by atoms with van der Waals surface area (Å²) in [6.07, 6.45) is 1.61. The van der Waals surface area contributed by atoms with Crippen molar-refractivity contribution in [1.82, 2.24) is 4.98 Å². The summed E-state index contributed by atoms with van der Waals surface area (Å²) in [6, 6.07) is 0.805. The van der Waals surface area contributed by atoms with Crippen LogP contribution in [0.25, 0.3) is 0 Å². The molecule has 0 saturated heterocycles. The summed E-state index contributed by atoms with van der Waals surface area (Å²) in [4.78, 5) is 3.30. The lowest BCUT2D eigenvalue weighted by Crippen LogP contribution is -2.13. The third-order valence-electron chi connectivity index (χ3n) is 1.57. The number of hydrogen-bond acceptors (Lipinski definition) is 3. The zero-order chi connectivity index (χ0) is 9.84. The van der Waals surface area contributed by atoms with Gasteiger partial charge in [-0.15, -0.1) is 0 Å². The van der Waals surface area contributed by atoms with Crippen LogP contribution in [0.2, 0.25) is 0 Å². The Bertz CT molecular complexity index is 325. The van der Waals surface area contributed by atoms with Gasteiger partial charge in [0.1, 0.15) is 11.6 Å². The van der Waals surface area contributed by atoms with E-state index in [1.807, 2.05) is 0 Å². The summed E-state index contributed by atoms with van der Waals surface area (Å²) in [5, 5.41) is 8.29. The third-order valence-corrected chi connectivity index (χ3v) is 1.57. The Morgan fingerprint density at radius 2 is 2.00 bits per heavy atom. The molecule has 1 atom stereocenters. The van der Waals surface area contributed by atoms with E-state index in [4.69, 9.17) is 11.0 Å². The SMILES string of the molecule is N#CC[C@H](N)c1c(F)cncc1F. The fraction of sp³-hybridized carbons (Fsp3) is 0.250. The molecule has 0 bridgehead atoms. The minimum Gasteiger partial charge on any atom is -0.323 e. The highest BCUT2D eigenvalue weighted by Gasteiger charge is 2.16. The van der Waals surface area contributed by atoms with Crippen LogP contribution in [0.1, 0.15) is 18.0 Å². The van der Waals surface area contributed by atoms with Gasteiger partial charge in [0, 0.05) is 11.6 Å². The first-order chi connectivity index (χ1) is 6.16. The van der Waals surface area contributed by atoms with Crippen LogP contribution >= 0.6 is 0 Å². The molecule has 13 heavy (non-hydrogen) atoms. The van der Waals surface area contributed by atoms with Crippen LogP contribution < -0.4 is 5.73 Å². The molecule has 1 aromatic heterocycles. The van der Waals surface area contributed by atoms with Crippen LogP contribution in [-0.2, 0) is 0 Å². The van der Waals surface area contributed by atoms with E-state index < -0.39 is 17.7 Å². The van der Waals surface area contributed by atoms with Crippen LogP contribution in [0.3, 0.4) is 0 Å². The van der Waals surface area contributed by atoms with Gasteiger partial charge in [0.05, 0.1) is 24.9 Å². The Kier molecular flexibility index (Phi) is 2.88. The zero-order valence-corrected chi connectivity index (χ0v) is 6.67. The summed E-state index contributed by atoms with van der Waals surface area (Å²) < 4.78 is 25.9. The highest BCUT2D eigenvalue weighted by atomic mass is 19.1. The van der Waals surface area contributed by atoms with Gasteiger partial charge < -0.3 is 5.73 Å². The summed E-state index contributed by atoms with van der Waals surface area (Å²) >= 11 is 0. The zero-order valence-electron chi connectivity index (χ0n) is 6.67. The number of nitrogens with zero attached hydrogens (tertiary/aromatic N) is 2. The molecular formula is C8H7F2N3. The van der Waals surface area contributed by atoms with E-state index in [9.17, 15) is 8.78 Å². The maximum absolute atomic E-state index is 12.9. The number of nitrogens with two attached hydrogens (primary N) is 1. The van der Waals surface area contributed by atoms with Gasteiger partial charge in [-0.3, -0.25) is 4.98 Å². The maximum Gasteiger partial charge on any atom is 0.149 e. The van der Waals surface area contributed by atoms with E-state index in [1.165, 1.54) is 0 Å². The molecule has 3 nitrogen and oxygen atoms in total. The van der Waals surface area contributed by atoms with Crippen LogP contribution in [0.5, 0.6) is 0 Å². The van der Waals surface area contributed by atoms with Crippen molar-refractivity contribution in [3.8, 4) is 6.07 Å². The van der Waals surface area contributed by atoms with E-state index in [-0.39, 0.29) is 12.0 Å². The number of pyridine rings is 1. The van der Waals surface area contributed by atoms with Gasteiger partial charge in [-0.2, -0.15) is 5.26 Å². The van der Waals surface area contributed by atoms with Gasteiger partial charge in [0.2, 0.25) is 0 Å². The first-order valence-corrected chi connectivity index (χ1v) is 3.58. The lowest BCUT2D eigenvalue weighted by Gasteiger charge is -2.08. The van der Waals surface area contributed by atoms with Gasteiger partial charge in [-0.1, -0.05) is 0 Å². The van der Waals surface area contributed by atoms with Crippen molar-refractivity contribution in [2.45, 2.75) is 12.5 Å². The molecule has 68 valence electrons. The minimum atomic E-state index is -0.937. The van der Waals surface area contributed by atoms with Crippen molar-refractivity contribution < 1.29 is 8.78 Å². The third kappa shape index (κ3) is 1.98. The van der Waals surface area contributed by atoms with Crippen molar-refractivity contribution in [2.24, 2.45) is 5.73 Å². The molecule has 0 saturated carbocycles. The molecule has 2 N–H and O–H groups in total. The molecule has 0 amide bonds. The van der Waals surface area contributed by atoms with E-state index >= 15 is 0 Å². The highest BCUT2D eigenvalue weighted by Crippen LogP contribution is 2.19. The van der Waals surface area contributed by atoms with Crippen molar-refractivity contribution in [2.75, 3.05) is 0 Å². The van der Waals surface area contributed by atoms with Crippen molar-refractivity contribution in [3.05, 3.63) is 29.6 Å².